The van der Waals surface area contributed by atoms with Crippen LogP contribution >= 0.6 is 23.2 Å². The molecule has 2 saturated heterocycles. The molecule has 4 aliphatic heterocycles. The number of ether oxygens (including phenoxy) is 2. The molecule has 8 rings (SSSR count). The molecule has 1 amide bonds. The molecule has 0 radical (unpaired) electrons. The number of halogens is 3. The third-order valence-electron chi connectivity index (χ3n) is 9.71. The van der Waals surface area contributed by atoms with Crippen LogP contribution in [0.3, 0.4) is 0 Å². The molecule has 0 aliphatic carbocycles. The summed E-state index contributed by atoms with van der Waals surface area (Å²) in [5, 5.41) is 18.6. The van der Waals surface area contributed by atoms with Crippen LogP contribution in [0.1, 0.15) is 46.3 Å². The molecular formula is C32H27Cl2FN4O5. The van der Waals surface area contributed by atoms with Gasteiger partial charge < -0.3 is 19.9 Å². The first-order valence-corrected chi connectivity index (χ1v) is 15.3. The van der Waals surface area contributed by atoms with Crippen LogP contribution in [-0.4, -0.2) is 64.1 Å². The number of rotatable bonds is 4. The van der Waals surface area contributed by atoms with E-state index in [0.717, 1.165) is 12.8 Å². The number of carbonyl (C=O) groups is 2. The summed E-state index contributed by atoms with van der Waals surface area (Å²) < 4.78 is 30.1. The van der Waals surface area contributed by atoms with Crippen molar-refractivity contribution in [1.82, 2.24) is 14.7 Å². The van der Waals surface area contributed by atoms with Gasteiger partial charge in [0.25, 0.3) is 0 Å². The Balaban J connectivity index is 1.41. The van der Waals surface area contributed by atoms with Gasteiger partial charge in [0.1, 0.15) is 18.0 Å². The van der Waals surface area contributed by atoms with Crippen LogP contribution in [0.2, 0.25) is 10.0 Å². The van der Waals surface area contributed by atoms with E-state index in [9.17, 15) is 14.7 Å². The number of nitrogens with zero attached hydrogens (tertiary/aromatic N) is 3. The number of carbonyl (C=O) groups excluding carboxylic acids is 1. The predicted molar refractivity (Wildman–Crippen MR) is 161 cm³/mol. The normalized spacial score (nSPS) is 26.3. The smallest absolute Gasteiger partial charge is 0.335 e. The number of aromatic carboxylic acids is 1. The highest BCUT2D eigenvalue weighted by molar-refractivity contribution is 6.31. The van der Waals surface area contributed by atoms with E-state index in [2.05, 4.69) is 10.2 Å². The average Bonchev–Trinajstić information content (AvgIpc) is 3.62. The second-order valence-electron chi connectivity index (χ2n) is 11.9. The third kappa shape index (κ3) is 3.87. The van der Waals surface area contributed by atoms with Crippen LogP contribution in [0.5, 0.6) is 5.88 Å². The van der Waals surface area contributed by atoms with Crippen LogP contribution < -0.4 is 10.1 Å². The van der Waals surface area contributed by atoms with E-state index in [4.69, 9.17) is 37.8 Å². The van der Waals surface area contributed by atoms with Crippen molar-refractivity contribution in [2.45, 2.75) is 36.4 Å². The van der Waals surface area contributed by atoms with Crippen molar-refractivity contribution in [2.24, 2.45) is 5.92 Å². The number of anilines is 1. The molecule has 2 N–H and O–H groups in total. The molecule has 0 unspecified atom stereocenters. The van der Waals surface area contributed by atoms with E-state index in [0.29, 0.717) is 58.4 Å². The van der Waals surface area contributed by atoms with E-state index in [-0.39, 0.29) is 29.0 Å². The number of nitrogens with one attached hydrogen (secondary N) is 1. The summed E-state index contributed by atoms with van der Waals surface area (Å²) >= 11 is 12.8. The first-order valence-electron chi connectivity index (χ1n) is 14.6. The number of benzene rings is 3. The molecule has 3 aromatic carbocycles. The highest BCUT2D eigenvalue weighted by Crippen LogP contribution is 2.63. The minimum Gasteiger partial charge on any atom is -0.478 e. The Kier molecular flexibility index (Phi) is 6.43. The summed E-state index contributed by atoms with van der Waals surface area (Å²) in [6.07, 6.45) is 1.65. The first-order chi connectivity index (χ1) is 21.3. The average molecular weight is 637 g/mol. The Morgan fingerprint density at radius 3 is 2.75 bits per heavy atom. The summed E-state index contributed by atoms with van der Waals surface area (Å²) in [6.45, 7) is 2.01. The molecule has 0 saturated carbocycles. The summed E-state index contributed by atoms with van der Waals surface area (Å²) in [7, 11) is 0. The lowest BCUT2D eigenvalue weighted by Crippen LogP contribution is -2.55. The van der Waals surface area contributed by atoms with E-state index in [1.807, 2.05) is 6.07 Å². The van der Waals surface area contributed by atoms with E-state index in [1.165, 1.54) is 18.2 Å². The largest absolute Gasteiger partial charge is 0.478 e. The molecule has 4 aliphatic rings. The number of carboxylic acids is 1. The van der Waals surface area contributed by atoms with Crippen LogP contribution in [-0.2, 0) is 15.1 Å². The van der Waals surface area contributed by atoms with E-state index < -0.39 is 35.3 Å². The van der Waals surface area contributed by atoms with E-state index in [1.54, 1.807) is 35.0 Å². The minimum absolute atomic E-state index is 0.0455. The van der Waals surface area contributed by atoms with Crippen molar-refractivity contribution >= 4 is 51.7 Å². The number of hydrogen-bond donors (Lipinski definition) is 2. The topological polar surface area (TPSA) is 106 Å². The molecule has 0 bridgehead atoms. The quantitative estimate of drug-likeness (QED) is 0.289. The van der Waals surface area contributed by atoms with Gasteiger partial charge in [-0.05, 0) is 60.7 Å². The van der Waals surface area contributed by atoms with Crippen molar-refractivity contribution in [2.75, 3.05) is 31.7 Å². The fraction of sp³-hybridized carbons (Fsp3) is 0.344. The molecule has 4 atom stereocenters. The number of fused-ring (bicyclic) bond motifs is 7. The van der Waals surface area contributed by atoms with Gasteiger partial charge in [-0.25, -0.2) is 13.9 Å². The monoisotopic (exact) mass is 636 g/mol. The van der Waals surface area contributed by atoms with Crippen LogP contribution in [0.15, 0.2) is 54.6 Å². The zero-order valence-corrected chi connectivity index (χ0v) is 24.8. The first kappa shape index (κ1) is 27.8. The van der Waals surface area contributed by atoms with Gasteiger partial charge in [-0.15, -0.1) is 0 Å². The van der Waals surface area contributed by atoms with Gasteiger partial charge in [0.2, 0.25) is 11.8 Å². The number of likely N-dealkylation sites (tertiary alicyclic amines) is 1. The maximum atomic E-state index is 16.3. The van der Waals surface area contributed by atoms with Gasteiger partial charge >= 0.3 is 5.97 Å². The number of amides is 1. The second kappa shape index (κ2) is 10.2. The fourth-order valence-electron chi connectivity index (χ4n) is 7.85. The molecule has 9 nitrogen and oxygen atoms in total. The molecule has 1 spiro atoms. The van der Waals surface area contributed by atoms with Crippen molar-refractivity contribution in [1.29, 1.82) is 0 Å². The summed E-state index contributed by atoms with van der Waals surface area (Å²) in [6, 6.07) is 13.9. The summed E-state index contributed by atoms with van der Waals surface area (Å²) in [5.74, 6) is -2.07. The zero-order valence-electron chi connectivity index (χ0n) is 23.3. The lowest BCUT2D eigenvalue weighted by Gasteiger charge is -2.41. The van der Waals surface area contributed by atoms with Gasteiger partial charge in [-0.3, -0.25) is 9.69 Å². The molecule has 12 heteroatoms. The summed E-state index contributed by atoms with van der Waals surface area (Å²) in [5.41, 5.74) is 0.734. The van der Waals surface area contributed by atoms with Crippen molar-refractivity contribution in [3.05, 3.63) is 87.2 Å². The maximum absolute atomic E-state index is 16.3. The molecule has 44 heavy (non-hydrogen) atoms. The van der Waals surface area contributed by atoms with Gasteiger partial charge in [-0.2, -0.15) is 5.10 Å². The van der Waals surface area contributed by atoms with Gasteiger partial charge in [0, 0.05) is 41.9 Å². The maximum Gasteiger partial charge on any atom is 0.335 e. The van der Waals surface area contributed by atoms with Crippen molar-refractivity contribution in [3.8, 4) is 5.88 Å². The zero-order chi connectivity index (χ0) is 30.3. The highest BCUT2D eigenvalue weighted by atomic mass is 35.5. The Morgan fingerprint density at radius 2 is 1.95 bits per heavy atom. The molecule has 226 valence electrons. The van der Waals surface area contributed by atoms with Crippen molar-refractivity contribution in [3.63, 3.8) is 0 Å². The standard InChI is InChI=1S/C32H27Cl2FN4O5/c33-18-5-7-21-24(13-18)36-31(42)32(21)26(20-2-1-3-22(34)27(20)35)28-25(38(32)14-16-8-10-43-11-9-16)15-44-29-19-6-4-17(30(40)41)12-23(19)37-39(28)29/h1-7,12-13,16,25-26,28H,8-11,14-15H2,(H,36,42)(H,40,41)/t25-,26-,28+,32+/m0/s1. The highest BCUT2D eigenvalue weighted by Gasteiger charge is 2.69. The van der Waals surface area contributed by atoms with Gasteiger partial charge in [0.15, 0.2) is 0 Å². The minimum atomic E-state index is -1.35. The van der Waals surface area contributed by atoms with Gasteiger partial charge in [-0.1, -0.05) is 41.4 Å². The SMILES string of the molecule is O=C(O)c1ccc2c3n(nc2c1)[C@@H]1[C@H](CO3)N(CC2CCOCC2)[C@@]2(C(=O)Nc3cc(Cl)ccc32)[C@H]1c1cccc(Cl)c1F. The fourth-order valence-corrected chi connectivity index (χ4v) is 8.21. The van der Waals surface area contributed by atoms with Crippen LogP contribution in [0.4, 0.5) is 10.1 Å². The Bertz CT molecular complexity index is 1860. The Hall–Kier alpha value is -3.70. The lowest BCUT2D eigenvalue weighted by atomic mass is 9.73. The molecule has 4 aromatic rings. The van der Waals surface area contributed by atoms with E-state index >= 15 is 4.39 Å². The number of carboxylic acid groups (broad SMARTS) is 1. The van der Waals surface area contributed by atoms with Crippen molar-refractivity contribution < 1.29 is 28.6 Å². The number of hydrogen-bond acceptors (Lipinski definition) is 6. The summed E-state index contributed by atoms with van der Waals surface area (Å²) in [4.78, 5) is 28.6. The van der Waals surface area contributed by atoms with Crippen LogP contribution in [0, 0.1) is 11.7 Å². The molecule has 5 heterocycles. The number of aromatic nitrogens is 2. The molecular weight excluding hydrogens is 610 g/mol. The second-order valence-corrected chi connectivity index (χ2v) is 12.7. The third-order valence-corrected chi connectivity index (χ3v) is 10.2. The Labute approximate surface area is 261 Å². The Morgan fingerprint density at radius 1 is 1.14 bits per heavy atom. The van der Waals surface area contributed by atoms with Gasteiger partial charge in [0.05, 0.1) is 33.6 Å². The predicted octanol–water partition coefficient (Wildman–Crippen LogP) is 5.86. The lowest BCUT2D eigenvalue weighted by molar-refractivity contribution is -0.128. The molecule has 2 fully saturated rings. The molecule has 1 aromatic heterocycles. The van der Waals surface area contributed by atoms with Crippen LogP contribution in [0.25, 0.3) is 10.9 Å².